The van der Waals surface area contributed by atoms with E-state index in [1.165, 1.54) is 6.92 Å². The average Bonchev–Trinajstić information content (AvgIpc) is 2.89. The number of carboxylic acids is 1. The van der Waals surface area contributed by atoms with Crippen LogP contribution in [0.4, 0.5) is 26.7 Å². The number of carbonyl (C=O) groups excluding carboxylic acids is 1. The number of urea groups is 1. The van der Waals surface area contributed by atoms with Crippen LogP contribution in [-0.2, 0) is 4.79 Å². The molecule has 1 fully saturated rings. The number of nitrogens with zero attached hydrogens (tertiary/aromatic N) is 1. The lowest BCUT2D eigenvalue weighted by molar-refractivity contribution is -0.156. The standard InChI is InChI=1S/C15H15F5N2O3/c1-14(12(23)24)5-6-22(7-14)13(25)21-11(15(18,19)20)10-8(16)3-2-4-9(10)17/h2-4,11H,5-7H2,1H3,(H,21,25)(H,23,24). The van der Waals surface area contributed by atoms with Crippen molar-refractivity contribution in [1.82, 2.24) is 10.2 Å². The Bertz CT molecular complexity index is 674. The van der Waals surface area contributed by atoms with Crippen LogP contribution in [0, 0.1) is 17.0 Å². The van der Waals surface area contributed by atoms with E-state index in [0.717, 1.165) is 11.0 Å². The summed E-state index contributed by atoms with van der Waals surface area (Å²) < 4.78 is 67.1. The molecule has 0 aromatic heterocycles. The third kappa shape index (κ3) is 3.83. The summed E-state index contributed by atoms with van der Waals surface area (Å²) in [6, 6.07) is -1.92. The number of alkyl halides is 3. The van der Waals surface area contributed by atoms with E-state index in [1.807, 2.05) is 0 Å². The van der Waals surface area contributed by atoms with Gasteiger partial charge in [-0.2, -0.15) is 13.2 Å². The summed E-state index contributed by atoms with van der Waals surface area (Å²) in [7, 11) is 0. The Morgan fingerprint density at radius 1 is 1.28 bits per heavy atom. The normalized spacial score (nSPS) is 21.9. The van der Waals surface area contributed by atoms with Gasteiger partial charge in [-0.1, -0.05) is 6.07 Å². The quantitative estimate of drug-likeness (QED) is 0.808. The molecule has 2 N–H and O–H groups in total. The Hall–Kier alpha value is -2.39. The Morgan fingerprint density at radius 3 is 2.28 bits per heavy atom. The van der Waals surface area contributed by atoms with E-state index in [1.54, 1.807) is 5.32 Å². The van der Waals surface area contributed by atoms with Crippen molar-refractivity contribution in [2.45, 2.75) is 25.6 Å². The van der Waals surface area contributed by atoms with Gasteiger partial charge in [-0.05, 0) is 25.5 Å². The number of rotatable bonds is 3. The Morgan fingerprint density at radius 2 is 1.84 bits per heavy atom. The lowest BCUT2D eigenvalue weighted by Gasteiger charge is -2.26. The first-order chi connectivity index (χ1) is 11.5. The van der Waals surface area contributed by atoms with Crippen molar-refractivity contribution in [3.63, 3.8) is 0 Å². The van der Waals surface area contributed by atoms with Crippen molar-refractivity contribution in [2.24, 2.45) is 5.41 Å². The second-order valence-corrected chi connectivity index (χ2v) is 6.10. The predicted octanol–water partition coefficient (Wildman–Crippen LogP) is 3.07. The van der Waals surface area contributed by atoms with E-state index in [-0.39, 0.29) is 19.5 Å². The van der Waals surface area contributed by atoms with Crippen LogP contribution in [0.1, 0.15) is 24.9 Å². The first kappa shape index (κ1) is 18.9. The van der Waals surface area contributed by atoms with Crippen LogP contribution in [0.15, 0.2) is 18.2 Å². The van der Waals surface area contributed by atoms with Crippen LogP contribution in [0.3, 0.4) is 0 Å². The van der Waals surface area contributed by atoms with Gasteiger partial charge in [0, 0.05) is 13.1 Å². The Balaban J connectivity index is 2.25. The molecular weight excluding hydrogens is 351 g/mol. The van der Waals surface area contributed by atoms with Gasteiger partial charge in [0.25, 0.3) is 0 Å². The van der Waals surface area contributed by atoms with Gasteiger partial charge in [0.2, 0.25) is 0 Å². The number of carbonyl (C=O) groups is 2. The molecule has 0 bridgehead atoms. The summed E-state index contributed by atoms with van der Waals surface area (Å²) in [5, 5.41) is 10.7. The molecule has 25 heavy (non-hydrogen) atoms. The molecule has 2 rings (SSSR count). The van der Waals surface area contributed by atoms with E-state index in [9.17, 15) is 31.5 Å². The van der Waals surface area contributed by atoms with Crippen LogP contribution < -0.4 is 5.32 Å². The summed E-state index contributed by atoms with van der Waals surface area (Å²) >= 11 is 0. The van der Waals surface area contributed by atoms with Crippen molar-refractivity contribution < 1.29 is 36.6 Å². The zero-order chi connectivity index (χ0) is 19.0. The minimum atomic E-state index is -5.14. The lowest BCUT2D eigenvalue weighted by Crippen LogP contribution is -2.46. The zero-order valence-electron chi connectivity index (χ0n) is 13.0. The summed E-state index contributed by atoms with van der Waals surface area (Å²) in [4.78, 5) is 24.1. The zero-order valence-corrected chi connectivity index (χ0v) is 13.0. The fourth-order valence-corrected chi connectivity index (χ4v) is 2.63. The van der Waals surface area contributed by atoms with Crippen molar-refractivity contribution >= 4 is 12.0 Å². The average molecular weight is 366 g/mol. The molecule has 1 aromatic rings. The van der Waals surface area contributed by atoms with Gasteiger partial charge in [0.15, 0.2) is 6.04 Å². The largest absolute Gasteiger partial charge is 0.481 e. The summed E-state index contributed by atoms with van der Waals surface area (Å²) in [5.41, 5.74) is -2.60. The molecular formula is C15H15F5N2O3. The minimum Gasteiger partial charge on any atom is -0.481 e. The van der Waals surface area contributed by atoms with Crippen LogP contribution in [0.5, 0.6) is 0 Å². The molecule has 2 atom stereocenters. The number of amides is 2. The maximum absolute atomic E-state index is 13.7. The maximum atomic E-state index is 13.7. The number of aliphatic carboxylic acids is 1. The number of benzene rings is 1. The van der Waals surface area contributed by atoms with Gasteiger partial charge in [-0.25, -0.2) is 13.6 Å². The molecule has 0 radical (unpaired) electrons. The lowest BCUT2D eigenvalue weighted by atomic mass is 9.90. The molecule has 1 aliphatic rings. The number of nitrogens with one attached hydrogen (secondary N) is 1. The highest BCUT2D eigenvalue weighted by molar-refractivity contribution is 5.79. The highest BCUT2D eigenvalue weighted by Gasteiger charge is 2.47. The Kier molecular flexibility index (Phi) is 4.92. The number of carboxylic acid groups (broad SMARTS) is 1. The first-order valence-corrected chi connectivity index (χ1v) is 7.25. The van der Waals surface area contributed by atoms with Gasteiger partial charge in [0.05, 0.1) is 11.0 Å². The smallest absolute Gasteiger partial charge is 0.413 e. The van der Waals surface area contributed by atoms with Gasteiger partial charge in [-0.15, -0.1) is 0 Å². The predicted molar refractivity (Wildman–Crippen MR) is 75.6 cm³/mol. The monoisotopic (exact) mass is 366 g/mol. The molecule has 1 saturated heterocycles. The van der Waals surface area contributed by atoms with Crippen LogP contribution in [0.25, 0.3) is 0 Å². The molecule has 0 saturated carbocycles. The van der Waals surface area contributed by atoms with E-state index in [2.05, 4.69) is 0 Å². The summed E-state index contributed by atoms with van der Waals surface area (Å²) in [6.45, 7) is 0.970. The molecule has 1 aromatic carbocycles. The molecule has 1 heterocycles. The molecule has 10 heteroatoms. The highest BCUT2D eigenvalue weighted by atomic mass is 19.4. The van der Waals surface area contributed by atoms with Gasteiger partial charge < -0.3 is 15.3 Å². The second-order valence-electron chi connectivity index (χ2n) is 6.10. The van der Waals surface area contributed by atoms with Crippen molar-refractivity contribution in [2.75, 3.05) is 13.1 Å². The van der Waals surface area contributed by atoms with E-state index >= 15 is 0 Å². The molecule has 1 aliphatic heterocycles. The second kappa shape index (κ2) is 6.49. The number of halogens is 5. The molecule has 2 unspecified atom stereocenters. The number of likely N-dealkylation sites (tertiary alicyclic amines) is 1. The third-order valence-corrected chi connectivity index (χ3v) is 4.16. The van der Waals surface area contributed by atoms with Gasteiger partial charge in [-0.3, -0.25) is 4.79 Å². The van der Waals surface area contributed by atoms with Crippen LogP contribution in [0.2, 0.25) is 0 Å². The molecule has 0 spiro atoms. The third-order valence-electron chi connectivity index (χ3n) is 4.16. The maximum Gasteiger partial charge on any atom is 0.413 e. The van der Waals surface area contributed by atoms with Crippen LogP contribution >= 0.6 is 0 Å². The van der Waals surface area contributed by atoms with Crippen molar-refractivity contribution in [3.8, 4) is 0 Å². The minimum absolute atomic E-state index is 0.0560. The van der Waals surface area contributed by atoms with E-state index < -0.39 is 46.8 Å². The van der Waals surface area contributed by atoms with Crippen LogP contribution in [-0.4, -0.2) is 41.3 Å². The van der Waals surface area contributed by atoms with E-state index in [0.29, 0.717) is 12.1 Å². The number of hydrogen-bond acceptors (Lipinski definition) is 2. The van der Waals surface area contributed by atoms with Crippen molar-refractivity contribution in [3.05, 3.63) is 35.4 Å². The van der Waals surface area contributed by atoms with Gasteiger partial charge >= 0.3 is 18.2 Å². The Labute approximate surface area is 139 Å². The van der Waals surface area contributed by atoms with Crippen molar-refractivity contribution in [1.29, 1.82) is 0 Å². The molecule has 0 aliphatic carbocycles. The molecule has 2 amide bonds. The topological polar surface area (TPSA) is 69.6 Å². The fourth-order valence-electron chi connectivity index (χ4n) is 2.63. The summed E-state index contributed by atoms with van der Waals surface area (Å²) in [6.07, 6.45) is -5.09. The fraction of sp³-hybridized carbons (Fsp3) is 0.467. The summed E-state index contributed by atoms with van der Waals surface area (Å²) in [5.74, 6) is -4.07. The van der Waals surface area contributed by atoms with E-state index in [4.69, 9.17) is 5.11 Å². The number of hydrogen-bond donors (Lipinski definition) is 2. The molecule has 138 valence electrons. The molecule has 5 nitrogen and oxygen atoms in total. The van der Waals surface area contributed by atoms with Gasteiger partial charge in [0.1, 0.15) is 11.6 Å². The first-order valence-electron chi connectivity index (χ1n) is 7.25. The SMILES string of the molecule is CC1(C(=O)O)CCN(C(=O)NC(c2c(F)cccc2F)C(F)(F)F)C1. The highest BCUT2D eigenvalue weighted by Crippen LogP contribution is 2.36.